The van der Waals surface area contributed by atoms with Gasteiger partial charge in [0, 0.05) is 12.6 Å². The Morgan fingerprint density at radius 3 is 2.65 bits per heavy atom. The maximum absolute atomic E-state index is 13.1. The van der Waals surface area contributed by atoms with Gasteiger partial charge in [-0.15, -0.1) is 0 Å². The topological polar surface area (TPSA) is 81.4 Å². The number of hydrogen-bond acceptors (Lipinski definition) is 4. The molecule has 0 aromatic heterocycles. The van der Waals surface area contributed by atoms with Gasteiger partial charge < -0.3 is 10.5 Å². The molecule has 1 aromatic carbocycles. The molecule has 1 saturated carbocycles. The van der Waals surface area contributed by atoms with Gasteiger partial charge in [-0.05, 0) is 31.5 Å². The fourth-order valence-electron chi connectivity index (χ4n) is 2.08. The Hall–Kier alpha value is -1.09. The molecule has 0 spiro atoms. The van der Waals surface area contributed by atoms with Crippen molar-refractivity contribution in [2.75, 3.05) is 6.61 Å². The summed E-state index contributed by atoms with van der Waals surface area (Å²) in [6.45, 7) is 2.24. The number of nitrogens with two attached hydrogens (primary N) is 1. The maximum atomic E-state index is 13.1. The number of sulfonamides is 1. The van der Waals surface area contributed by atoms with Gasteiger partial charge in [-0.1, -0.05) is 0 Å². The molecule has 2 rings (SSSR count). The average molecular weight is 306 g/mol. The van der Waals surface area contributed by atoms with E-state index in [0.29, 0.717) is 19.1 Å². The Kier molecular flexibility index (Phi) is 4.38. The predicted molar refractivity (Wildman–Crippen MR) is 68.5 cm³/mol. The average Bonchev–Trinajstić information content (AvgIpc) is 2.39. The van der Waals surface area contributed by atoms with E-state index in [-0.39, 0.29) is 17.0 Å². The quantitative estimate of drug-likeness (QED) is 0.841. The van der Waals surface area contributed by atoms with Gasteiger partial charge in [-0.25, -0.2) is 21.9 Å². The van der Waals surface area contributed by atoms with Gasteiger partial charge in [0.25, 0.3) is 0 Å². The van der Waals surface area contributed by atoms with Gasteiger partial charge >= 0.3 is 0 Å². The third-order valence-corrected chi connectivity index (χ3v) is 4.70. The van der Waals surface area contributed by atoms with Gasteiger partial charge in [0.05, 0.1) is 17.0 Å². The highest BCUT2D eigenvalue weighted by Gasteiger charge is 2.42. The lowest BCUT2D eigenvalue weighted by atomic mass is 9.84. The highest BCUT2D eigenvalue weighted by atomic mass is 32.2. The molecule has 0 heterocycles. The van der Waals surface area contributed by atoms with Crippen molar-refractivity contribution in [2.24, 2.45) is 5.73 Å². The minimum atomic E-state index is -3.96. The standard InChI is InChI=1S/C12H16F2N2O3S/c1-2-19-11-6-10(15)12(11)16-20(17,18)7-3-4-8(13)9(14)5-7/h3-5,10-12,16H,2,6,15H2,1H3. The van der Waals surface area contributed by atoms with Gasteiger partial charge in [0.2, 0.25) is 10.0 Å². The van der Waals surface area contributed by atoms with Crippen molar-refractivity contribution in [3.05, 3.63) is 29.8 Å². The lowest BCUT2D eigenvalue weighted by Gasteiger charge is -2.42. The molecule has 8 heteroatoms. The van der Waals surface area contributed by atoms with Crippen LogP contribution in [0.2, 0.25) is 0 Å². The lowest BCUT2D eigenvalue weighted by molar-refractivity contribution is -0.0248. The zero-order valence-electron chi connectivity index (χ0n) is 10.8. The van der Waals surface area contributed by atoms with E-state index in [1.807, 2.05) is 0 Å². The molecule has 0 radical (unpaired) electrons. The van der Waals surface area contributed by atoms with Crippen molar-refractivity contribution in [1.29, 1.82) is 0 Å². The van der Waals surface area contributed by atoms with Crippen LogP contribution < -0.4 is 10.5 Å². The first-order chi connectivity index (χ1) is 9.35. The van der Waals surface area contributed by atoms with Gasteiger partial charge in [-0.3, -0.25) is 0 Å². The predicted octanol–water partition coefficient (Wildman–Crippen LogP) is 0.748. The molecule has 1 aliphatic carbocycles. The zero-order chi connectivity index (χ0) is 14.9. The smallest absolute Gasteiger partial charge is 0.241 e. The normalized spacial score (nSPS) is 26.3. The number of benzene rings is 1. The Balaban J connectivity index is 2.16. The van der Waals surface area contributed by atoms with E-state index in [1.165, 1.54) is 0 Å². The molecular weight excluding hydrogens is 290 g/mol. The molecule has 0 saturated heterocycles. The van der Waals surface area contributed by atoms with Crippen LogP contribution in [0.15, 0.2) is 23.1 Å². The molecule has 0 aliphatic heterocycles. The first-order valence-electron chi connectivity index (χ1n) is 6.19. The number of rotatable bonds is 5. The summed E-state index contributed by atoms with van der Waals surface area (Å²) in [5, 5.41) is 0. The van der Waals surface area contributed by atoms with Crippen molar-refractivity contribution < 1.29 is 21.9 Å². The summed E-state index contributed by atoms with van der Waals surface area (Å²) in [4.78, 5) is -0.342. The molecule has 3 N–H and O–H groups in total. The molecule has 0 bridgehead atoms. The number of nitrogens with one attached hydrogen (secondary N) is 1. The molecule has 3 unspecified atom stereocenters. The first-order valence-corrected chi connectivity index (χ1v) is 7.68. The van der Waals surface area contributed by atoms with E-state index in [4.69, 9.17) is 10.5 Å². The van der Waals surface area contributed by atoms with E-state index in [9.17, 15) is 17.2 Å². The Morgan fingerprint density at radius 2 is 2.10 bits per heavy atom. The molecule has 1 fully saturated rings. The summed E-state index contributed by atoms with van der Waals surface area (Å²) < 4.78 is 57.8. The molecular formula is C12H16F2N2O3S. The lowest BCUT2D eigenvalue weighted by Crippen LogP contribution is -2.64. The third-order valence-electron chi connectivity index (χ3n) is 3.24. The second kappa shape index (κ2) is 5.72. The highest BCUT2D eigenvalue weighted by Crippen LogP contribution is 2.25. The van der Waals surface area contributed by atoms with Crippen molar-refractivity contribution in [1.82, 2.24) is 4.72 Å². The van der Waals surface area contributed by atoms with Crippen LogP contribution in [0.5, 0.6) is 0 Å². The number of hydrogen-bond donors (Lipinski definition) is 2. The zero-order valence-corrected chi connectivity index (χ0v) is 11.7. The summed E-state index contributed by atoms with van der Waals surface area (Å²) in [6.07, 6.45) is 0.258. The summed E-state index contributed by atoms with van der Waals surface area (Å²) in [5.41, 5.74) is 5.74. The van der Waals surface area contributed by atoms with Crippen LogP contribution in [-0.4, -0.2) is 33.2 Å². The van der Waals surface area contributed by atoms with Crippen LogP contribution in [0.1, 0.15) is 13.3 Å². The molecule has 0 amide bonds. The summed E-state index contributed by atoms with van der Waals surface area (Å²) in [7, 11) is -3.96. The van der Waals surface area contributed by atoms with E-state index in [2.05, 4.69) is 4.72 Å². The molecule has 1 aromatic rings. The second-order valence-electron chi connectivity index (χ2n) is 4.62. The summed E-state index contributed by atoms with van der Waals surface area (Å²) >= 11 is 0. The van der Waals surface area contributed by atoms with Crippen LogP contribution in [0.3, 0.4) is 0 Å². The van der Waals surface area contributed by atoms with E-state index < -0.39 is 27.7 Å². The molecule has 5 nitrogen and oxygen atoms in total. The van der Waals surface area contributed by atoms with Crippen molar-refractivity contribution in [3.63, 3.8) is 0 Å². The summed E-state index contributed by atoms with van der Waals surface area (Å²) in [5.74, 6) is -2.32. The summed E-state index contributed by atoms with van der Waals surface area (Å²) in [6, 6.07) is 1.49. The Labute approximate surface area is 116 Å². The minimum Gasteiger partial charge on any atom is -0.377 e. The van der Waals surface area contributed by atoms with Crippen LogP contribution in [0.4, 0.5) is 8.78 Å². The first kappa shape index (κ1) is 15.3. The van der Waals surface area contributed by atoms with Crippen LogP contribution >= 0.6 is 0 Å². The number of ether oxygens (including phenoxy) is 1. The van der Waals surface area contributed by atoms with E-state index in [1.54, 1.807) is 6.92 Å². The van der Waals surface area contributed by atoms with Crippen molar-refractivity contribution in [3.8, 4) is 0 Å². The SMILES string of the molecule is CCOC1CC(N)C1NS(=O)(=O)c1ccc(F)c(F)c1. The fraction of sp³-hybridized carbons (Fsp3) is 0.500. The molecule has 20 heavy (non-hydrogen) atoms. The van der Waals surface area contributed by atoms with Gasteiger partial charge in [0.1, 0.15) is 0 Å². The van der Waals surface area contributed by atoms with Crippen molar-refractivity contribution >= 4 is 10.0 Å². The largest absolute Gasteiger partial charge is 0.377 e. The third kappa shape index (κ3) is 2.98. The van der Waals surface area contributed by atoms with Gasteiger partial charge in [-0.2, -0.15) is 0 Å². The molecule has 3 atom stereocenters. The number of halogens is 2. The maximum Gasteiger partial charge on any atom is 0.241 e. The Bertz CT molecular complexity index is 592. The fourth-order valence-corrected chi connectivity index (χ4v) is 3.41. The monoisotopic (exact) mass is 306 g/mol. The molecule has 112 valence electrons. The van der Waals surface area contributed by atoms with Gasteiger partial charge in [0.15, 0.2) is 11.6 Å². The second-order valence-corrected chi connectivity index (χ2v) is 6.33. The highest BCUT2D eigenvalue weighted by molar-refractivity contribution is 7.89. The van der Waals surface area contributed by atoms with Crippen molar-refractivity contribution in [2.45, 2.75) is 36.4 Å². The Morgan fingerprint density at radius 1 is 1.40 bits per heavy atom. The van der Waals surface area contributed by atoms with Crippen LogP contribution in [0, 0.1) is 11.6 Å². The van der Waals surface area contributed by atoms with Crippen LogP contribution in [-0.2, 0) is 14.8 Å². The van der Waals surface area contributed by atoms with Crippen LogP contribution in [0.25, 0.3) is 0 Å². The van der Waals surface area contributed by atoms with E-state index in [0.717, 1.165) is 12.1 Å². The molecule has 1 aliphatic rings. The minimum absolute atomic E-state index is 0.296. The van der Waals surface area contributed by atoms with E-state index >= 15 is 0 Å².